The summed E-state index contributed by atoms with van der Waals surface area (Å²) in [7, 11) is 0. The maximum atomic E-state index is 12.6. The molecule has 0 aromatic heterocycles. The second kappa shape index (κ2) is 6.67. The number of carbonyl (C=O) groups excluding carboxylic acids is 2. The molecule has 0 N–H and O–H groups in total. The van der Waals surface area contributed by atoms with Gasteiger partial charge >= 0.3 is 0 Å². The molecule has 2 heterocycles. The van der Waals surface area contributed by atoms with Crippen LogP contribution >= 0.6 is 35.7 Å². The van der Waals surface area contributed by atoms with E-state index < -0.39 is 5.25 Å². The molecule has 120 valence electrons. The van der Waals surface area contributed by atoms with Gasteiger partial charge in [0.2, 0.25) is 5.91 Å². The number of hydrogen-bond donors (Lipinski definition) is 0. The van der Waals surface area contributed by atoms with Gasteiger partial charge in [-0.25, -0.2) is 0 Å². The Labute approximate surface area is 149 Å². The number of carbonyl (C=O) groups is 2. The van der Waals surface area contributed by atoms with Crippen LogP contribution in [0, 0.1) is 0 Å². The first-order valence-corrected chi connectivity index (χ1v) is 9.49. The Balaban J connectivity index is 1.84. The summed E-state index contributed by atoms with van der Waals surface area (Å²) in [4.78, 5) is 29.6. The third-order valence-electron chi connectivity index (χ3n) is 3.72. The molecule has 3 rings (SSSR count). The minimum atomic E-state index is -0.738. The van der Waals surface area contributed by atoms with Gasteiger partial charge in [-0.2, -0.15) is 0 Å². The number of fused-ring (bicyclic) bond motifs is 1. The molecule has 2 aliphatic rings. The zero-order chi connectivity index (χ0) is 16.6. The first kappa shape index (κ1) is 16.5. The third-order valence-corrected chi connectivity index (χ3v) is 6.44. The van der Waals surface area contributed by atoms with E-state index in [-0.39, 0.29) is 11.7 Å². The first-order valence-electron chi connectivity index (χ1n) is 7.38. The lowest BCUT2D eigenvalue weighted by atomic mass is 10.2. The van der Waals surface area contributed by atoms with Crippen molar-refractivity contribution in [1.82, 2.24) is 4.90 Å². The monoisotopic (exact) mass is 364 g/mol. The summed E-state index contributed by atoms with van der Waals surface area (Å²) in [6.07, 6.45) is 1.59. The second-order valence-corrected chi connectivity index (χ2v) is 7.85. The number of rotatable bonds is 4. The number of ketones is 1. The summed E-state index contributed by atoms with van der Waals surface area (Å²) in [5, 5.41) is 0.130. The average molecular weight is 365 g/mol. The topological polar surface area (TPSA) is 40.6 Å². The molecule has 2 aliphatic heterocycles. The highest BCUT2D eigenvalue weighted by molar-refractivity contribution is 8.24. The van der Waals surface area contributed by atoms with Crippen molar-refractivity contribution in [3.05, 3.63) is 35.4 Å². The number of nitrogens with zero attached hydrogens (tertiary/aromatic N) is 2. The molecule has 1 aromatic rings. The van der Waals surface area contributed by atoms with Crippen molar-refractivity contribution in [2.24, 2.45) is 0 Å². The van der Waals surface area contributed by atoms with E-state index >= 15 is 0 Å². The van der Waals surface area contributed by atoms with Crippen LogP contribution in [0.5, 0.6) is 0 Å². The fourth-order valence-corrected chi connectivity index (χ4v) is 5.23. The Morgan fingerprint density at radius 1 is 1.26 bits per heavy atom. The SMILES string of the molecule is CCN1C(=O)C(C(=O)/C=C2\Sc3ccccc3N2CC)SC1=S. The molecule has 7 heteroatoms. The molecular weight excluding hydrogens is 348 g/mol. The summed E-state index contributed by atoms with van der Waals surface area (Å²) in [5.41, 5.74) is 1.11. The Morgan fingerprint density at radius 2 is 1.96 bits per heavy atom. The van der Waals surface area contributed by atoms with Gasteiger partial charge in [0.25, 0.3) is 0 Å². The van der Waals surface area contributed by atoms with Gasteiger partial charge in [-0.05, 0) is 26.0 Å². The van der Waals surface area contributed by atoms with Crippen molar-refractivity contribution < 1.29 is 9.59 Å². The van der Waals surface area contributed by atoms with E-state index in [1.807, 2.05) is 38.1 Å². The smallest absolute Gasteiger partial charge is 0.249 e. The van der Waals surface area contributed by atoms with E-state index in [0.29, 0.717) is 10.9 Å². The maximum absolute atomic E-state index is 12.6. The fraction of sp³-hybridized carbons (Fsp3) is 0.312. The largest absolute Gasteiger partial charge is 0.335 e. The molecule has 4 nitrogen and oxygen atoms in total. The van der Waals surface area contributed by atoms with E-state index in [1.54, 1.807) is 17.8 Å². The zero-order valence-electron chi connectivity index (χ0n) is 12.8. The minimum absolute atomic E-state index is 0.188. The maximum Gasteiger partial charge on any atom is 0.249 e. The number of para-hydroxylation sites is 1. The zero-order valence-corrected chi connectivity index (χ0v) is 15.3. The summed E-state index contributed by atoms with van der Waals surface area (Å²) in [5.74, 6) is -0.389. The van der Waals surface area contributed by atoms with Gasteiger partial charge in [-0.1, -0.05) is 47.9 Å². The van der Waals surface area contributed by atoms with Gasteiger partial charge in [0.15, 0.2) is 11.0 Å². The number of amides is 1. The molecule has 1 aromatic carbocycles. The van der Waals surface area contributed by atoms with Gasteiger partial charge in [0, 0.05) is 24.1 Å². The van der Waals surface area contributed by atoms with Gasteiger partial charge in [0.1, 0.15) is 4.32 Å². The van der Waals surface area contributed by atoms with E-state index in [1.165, 1.54) is 16.7 Å². The summed E-state index contributed by atoms with van der Waals surface area (Å²) >= 11 is 7.92. The van der Waals surface area contributed by atoms with Crippen LogP contribution in [0.15, 0.2) is 40.3 Å². The van der Waals surface area contributed by atoms with Gasteiger partial charge in [0.05, 0.1) is 10.7 Å². The molecule has 1 unspecified atom stereocenters. The number of hydrogen-bond acceptors (Lipinski definition) is 6. The molecule has 0 saturated carbocycles. The second-order valence-electron chi connectivity index (χ2n) is 5.05. The molecule has 1 saturated heterocycles. The van der Waals surface area contributed by atoms with Crippen LogP contribution in [0.25, 0.3) is 0 Å². The van der Waals surface area contributed by atoms with Crippen LogP contribution in [0.1, 0.15) is 13.8 Å². The normalized spacial score (nSPS) is 22.2. The average Bonchev–Trinajstić information content (AvgIpc) is 3.03. The van der Waals surface area contributed by atoms with Crippen molar-refractivity contribution in [2.75, 3.05) is 18.0 Å². The summed E-state index contributed by atoms with van der Waals surface area (Å²) < 4.78 is 0.490. The van der Waals surface area contributed by atoms with Crippen molar-refractivity contribution in [2.45, 2.75) is 24.0 Å². The Hall–Kier alpha value is -1.31. The molecule has 0 spiro atoms. The number of anilines is 1. The molecular formula is C16H16N2O2S3. The molecule has 0 radical (unpaired) electrons. The summed E-state index contributed by atoms with van der Waals surface area (Å²) in [6.45, 7) is 5.18. The Bertz CT molecular complexity index is 717. The molecule has 1 atom stereocenters. The van der Waals surface area contributed by atoms with Crippen LogP contribution in [-0.4, -0.2) is 39.3 Å². The van der Waals surface area contributed by atoms with E-state index in [9.17, 15) is 9.59 Å². The van der Waals surface area contributed by atoms with E-state index in [0.717, 1.165) is 22.2 Å². The van der Waals surface area contributed by atoms with Crippen molar-refractivity contribution >= 4 is 57.4 Å². The van der Waals surface area contributed by atoms with Crippen LogP contribution < -0.4 is 4.90 Å². The van der Waals surface area contributed by atoms with Crippen molar-refractivity contribution in [3.63, 3.8) is 0 Å². The van der Waals surface area contributed by atoms with E-state index in [2.05, 4.69) is 4.90 Å². The number of thiocarbonyl (C=S) groups is 1. The molecule has 0 aliphatic carbocycles. The van der Waals surface area contributed by atoms with Gasteiger partial charge in [-0.15, -0.1) is 0 Å². The fourth-order valence-electron chi connectivity index (χ4n) is 2.59. The third kappa shape index (κ3) is 2.93. The molecule has 1 amide bonds. The lowest BCUT2D eigenvalue weighted by Gasteiger charge is -2.18. The van der Waals surface area contributed by atoms with E-state index in [4.69, 9.17) is 12.2 Å². The minimum Gasteiger partial charge on any atom is -0.335 e. The molecule has 1 fully saturated rings. The van der Waals surface area contributed by atoms with Crippen LogP contribution in [0.4, 0.5) is 5.69 Å². The highest BCUT2D eigenvalue weighted by Crippen LogP contribution is 2.45. The molecule has 0 bridgehead atoms. The first-order chi connectivity index (χ1) is 11.1. The van der Waals surface area contributed by atoms with Crippen LogP contribution in [-0.2, 0) is 9.59 Å². The molecule has 23 heavy (non-hydrogen) atoms. The predicted molar refractivity (Wildman–Crippen MR) is 99.8 cm³/mol. The lowest BCUT2D eigenvalue weighted by Crippen LogP contribution is -2.34. The number of allylic oxidation sites excluding steroid dienone is 1. The van der Waals surface area contributed by atoms with Crippen molar-refractivity contribution in [1.29, 1.82) is 0 Å². The quantitative estimate of drug-likeness (QED) is 0.464. The number of thioether (sulfide) groups is 2. The Kier molecular flexibility index (Phi) is 4.79. The van der Waals surface area contributed by atoms with Gasteiger partial charge in [-0.3, -0.25) is 14.5 Å². The van der Waals surface area contributed by atoms with Gasteiger partial charge < -0.3 is 4.90 Å². The highest BCUT2D eigenvalue weighted by atomic mass is 32.2. The van der Waals surface area contributed by atoms with Crippen LogP contribution in [0.2, 0.25) is 0 Å². The van der Waals surface area contributed by atoms with Crippen molar-refractivity contribution in [3.8, 4) is 0 Å². The highest BCUT2D eigenvalue weighted by Gasteiger charge is 2.40. The van der Waals surface area contributed by atoms with Crippen LogP contribution in [0.3, 0.4) is 0 Å². The predicted octanol–water partition coefficient (Wildman–Crippen LogP) is 3.28. The Morgan fingerprint density at radius 3 is 2.61 bits per heavy atom. The summed E-state index contributed by atoms with van der Waals surface area (Å²) in [6, 6.07) is 8.05. The standard InChI is InChI=1S/C16H16N2O2S3/c1-3-17-10-7-5-6-8-12(10)22-13(17)9-11(19)14-15(20)18(4-2)16(21)23-14/h5-9,14H,3-4H2,1-2H3/b13-9-. The lowest BCUT2D eigenvalue weighted by molar-refractivity contribution is -0.129. The number of benzene rings is 1.